The van der Waals surface area contributed by atoms with Gasteiger partial charge in [0.05, 0.1) is 62.2 Å². The van der Waals surface area contributed by atoms with Gasteiger partial charge in [-0.2, -0.15) is 0 Å². The Morgan fingerprint density at radius 1 is 0.557 bits per heavy atom. The summed E-state index contributed by atoms with van der Waals surface area (Å²) < 4.78 is 14.4. The summed E-state index contributed by atoms with van der Waals surface area (Å²) in [5, 5.41) is 38.8. The van der Waals surface area contributed by atoms with Crippen LogP contribution in [0.15, 0.2) is 110 Å². The molecule has 0 unspecified atom stereocenters. The van der Waals surface area contributed by atoms with Crippen LogP contribution < -0.4 is 29.9 Å². The number of nitrogens with one attached hydrogen (secondary N) is 2. The van der Waals surface area contributed by atoms with Crippen molar-refractivity contribution in [3.8, 4) is 45.5 Å². The molecule has 70 heavy (non-hydrogen) atoms. The normalized spacial score (nSPS) is 19.6. The second-order valence-electron chi connectivity index (χ2n) is 18.4. The molecule has 2 aliphatic carbocycles. The molecule has 11 rings (SSSR count). The summed E-state index contributed by atoms with van der Waals surface area (Å²) in [4.78, 5) is 31.6. The zero-order chi connectivity index (χ0) is 48.0. The highest BCUT2D eigenvalue weighted by molar-refractivity contribution is 7.22. The molecule has 17 heteroatoms. The number of pyridine rings is 4. The van der Waals surface area contributed by atoms with Gasteiger partial charge in [0, 0.05) is 87.4 Å². The van der Waals surface area contributed by atoms with Gasteiger partial charge in [0.15, 0.2) is 10.3 Å². The third-order valence-electron chi connectivity index (χ3n) is 13.1. The lowest BCUT2D eigenvalue weighted by atomic mass is 9.93. The van der Waals surface area contributed by atoms with Crippen LogP contribution in [0.25, 0.3) is 42.9 Å². The van der Waals surface area contributed by atoms with E-state index in [1.807, 2.05) is 110 Å². The van der Waals surface area contributed by atoms with Crippen molar-refractivity contribution in [1.82, 2.24) is 29.9 Å². The number of hydrogen-bond donors (Lipinski definition) is 5. The molecule has 6 aromatic heterocycles. The van der Waals surface area contributed by atoms with Crippen molar-refractivity contribution < 1.29 is 24.8 Å². The van der Waals surface area contributed by atoms with Crippen LogP contribution in [-0.4, -0.2) is 103 Å². The van der Waals surface area contributed by atoms with Gasteiger partial charge in [-0.25, -0.2) is 19.9 Å². The molecule has 0 amide bonds. The van der Waals surface area contributed by atoms with Crippen molar-refractivity contribution in [2.75, 3.05) is 47.6 Å². The molecule has 3 fully saturated rings. The Morgan fingerprint density at radius 3 is 1.61 bits per heavy atom. The number of piperidine rings is 1. The fourth-order valence-electron chi connectivity index (χ4n) is 9.12. The maximum absolute atomic E-state index is 10.3. The van der Waals surface area contributed by atoms with Crippen LogP contribution in [0.4, 0.5) is 21.9 Å². The summed E-state index contributed by atoms with van der Waals surface area (Å²) >= 11 is 3.16. The number of aromatic nitrogens is 6. The van der Waals surface area contributed by atoms with Gasteiger partial charge in [0.1, 0.15) is 34.6 Å². The van der Waals surface area contributed by atoms with Crippen molar-refractivity contribution in [2.24, 2.45) is 0 Å². The second-order valence-corrected chi connectivity index (χ2v) is 20.4. The van der Waals surface area contributed by atoms with Crippen LogP contribution in [0.1, 0.15) is 64.2 Å². The van der Waals surface area contributed by atoms with Crippen LogP contribution in [-0.2, 0) is 0 Å². The highest BCUT2D eigenvalue weighted by Gasteiger charge is 2.25. The van der Waals surface area contributed by atoms with E-state index in [-0.39, 0.29) is 30.4 Å². The van der Waals surface area contributed by atoms with Gasteiger partial charge in [-0.3, -0.25) is 9.97 Å². The van der Waals surface area contributed by atoms with E-state index in [1.54, 1.807) is 41.3 Å². The van der Waals surface area contributed by atoms with E-state index in [9.17, 15) is 15.3 Å². The van der Waals surface area contributed by atoms with Gasteiger partial charge in [0.2, 0.25) is 0 Å². The van der Waals surface area contributed by atoms with Crippen LogP contribution in [0.2, 0.25) is 0 Å². The number of nitrogens with zero attached hydrogens (tertiary/aromatic N) is 8. The fraction of sp³-hybridized carbons (Fsp3) is 0.358. The topological polar surface area (TPSA) is 187 Å². The second kappa shape index (κ2) is 21.6. The van der Waals surface area contributed by atoms with Gasteiger partial charge in [-0.15, -0.1) is 0 Å². The molecule has 0 spiro atoms. The molecule has 4 atom stereocenters. The molecule has 2 saturated carbocycles. The van der Waals surface area contributed by atoms with Crippen molar-refractivity contribution >= 4 is 65.0 Å². The molecule has 362 valence electrons. The number of aliphatic hydroxyl groups is 3. The van der Waals surface area contributed by atoms with Crippen LogP contribution in [0.5, 0.6) is 23.0 Å². The number of anilines is 4. The average Bonchev–Trinajstić information content (AvgIpc) is 3.98. The number of ether oxygens (including phenoxy) is 2. The lowest BCUT2D eigenvalue weighted by Gasteiger charge is -2.30. The van der Waals surface area contributed by atoms with E-state index in [4.69, 9.17) is 14.5 Å². The summed E-state index contributed by atoms with van der Waals surface area (Å²) in [5.74, 6) is 4.70. The molecule has 0 bridgehead atoms. The molecule has 1 aliphatic heterocycles. The molecular weight excluding hydrogens is 921 g/mol. The van der Waals surface area contributed by atoms with Crippen molar-refractivity contribution in [3.05, 3.63) is 110 Å². The Hall–Kier alpha value is -6.50. The maximum Gasteiger partial charge on any atom is 0.184 e. The minimum atomic E-state index is -0.314. The molecule has 5 N–H and O–H groups in total. The summed E-state index contributed by atoms with van der Waals surface area (Å²) in [5.41, 5.74) is 5.36. The van der Waals surface area contributed by atoms with Crippen LogP contribution in [0.3, 0.4) is 0 Å². The number of rotatable bonds is 12. The van der Waals surface area contributed by atoms with E-state index in [0.29, 0.717) is 5.75 Å². The van der Waals surface area contributed by atoms with Crippen molar-refractivity contribution in [3.63, 3.8) is 0 Å². The maximum atomic E-state index is 10.3. The molecule has 3 aliphatic rings. The van der Waals surface area contributed by atoms with E-state index >= 15 is 0 Å². The first-order valence-corrected chi connectivity index (χ1v) is 25.8. The standard InChI is InChI=1S/C28H31N5O3S.C25H27N5O2S/c34-19-10-13-33(14-11-19)27-8-5-18(17-30-27)24-15-21(9-12-29-24)36-20-6-7-23-26(16-20)37-28(32-23)31-22-3-1-2-4-25(22)35;1-30(2)24-13-16(9-11-27-24)21-14-18(10-12-26-21)32-17-7-8-20-23(15-17)33-25(29-20)28-19-5-3-4-6-22(19)31/h5-9,12,15-17,19,22,25,34-35H,1-4,10-11,13-14H2,(H,31,32);7-15,19,22,31H,3-6H2,1-2H3,(H,28,29)/t22-,25-;19-,22-/m11/s1. The minimum absolute atomic E-state index is 0.0663. The third kappa shape index (κ3) is 11.6. The van der Waals surface area contributed by atoms with Gasteiger partial charge in [-0.1, -0.05) is 48.4 Å². The Bertz CT molecular complexity index is 3020. The van der Waals surface area contributed by atoms with Crippen molar-refractivity contribution in [2.45, 2.75) is 94.6 Å². The van der Waals surface area contributed by atoms with Gasteiger partial charge < -0.3 is 45.2 Å². The first-order valence-electron chi connectivity index (χ1n) is 24.2. The Labute approximate surface area is 415 Å². The van der Waals surface area contributed by atoms with Crippen molar-refractivity contribution in [1.29, 1.82) is 0 Å². The summed E-state index contributed by atoms with van der Waals surface area (Å²) in [6.07, 6.45) is 16.0. The lowest BCUT2D eigenvalue weighted by molar-refractivity contribution is 0.116. The minimum Gasteiger partial charge on any atom is -0.457 e. The Morgan fingerprint density at radius 2 is 1.09 bits per heavy atom. The number of aliphatic hydroxyl groups excluding tert-OH is 3. The molecule has 15 nitrogen and oxygen atoms in total. The first kappa shape index (κ1) is 47.2. The number of hydrogen-bond acceptors (Lipinski definition) is 17. The number of fused-ring (bicyclic) bond motifs is 2. The SMILES string of the molecule is CN(C)c1cc(-c2cc(Oc3ccc4nc(N[C@@H]5CCCC[C@H]5O)sc4c3)ccn2)ccn1.OC1CCN(c2ccc(-c3cc(Oc4ccc5nc(N[C@@H]6CCCC[C@H]6O)sc5c4)ccn3)cn2)CC1. The zero-order valence-electron chi connectivity index (χ0n) is 39.3. The Kier molecular flexibility index (Phi) is 14.6. The van der Waals surface area contributed by atoms with E-state index < -0.39 is 0 Å². The monoisotopic (exact) mass is 978 g/mol. The summed E-state index contributed by atoms with van der Waals surface area (Å²) in [6.45, 7) is 1.64. The molecule has 2 aromatic carbocycles. The molecular formula is C53H58N10O5S2. The van der Waals surface area contributed by atoms with E-state index in [2.05, 4.69) is 40.5 Å². The van der Waals surface area contributed by atoms with E-state index in [1.165, 1.54) is 0 Å². The van der Waals surface area contributed by atoms with Crippen LogP contribution in [0, 0.1) is 0 Å². The highest BCUT2D eigenvalue weighted by atomic mass is 32.1. The predicted octanol–water partition coefficient (Wildman–Crippen LogP) is 10.5. The van der Waals surface area contributed by atoms with Gasteiger partial charge in [-0.05, 0) is 99.2 Å². The molecule has 8 aromatic rings. The third-order valence-corrected chi connectivity index (χ3v) is 15.0. The largest absolute Gasteiger partial charge is 0.457 e. The summed E-state index contributed by atoms with van der Waals surface area (Å²) in [7, 11) is 3.93. The van der Waals surface area contributed by atoms with Gasteiger partial charge in [0.25, 0.3) is 0 Å². The Balaban J connectivity index is 0.000000163. The fourth-order valence-corrected chi connectivity index (χ4v) is 11.0. The quantitative estimate of drug-likeness (QED) is 0.0778. The zero-order valence-corrected chi connectivity index (χ0v) is 40.9. The summed E-state index contributed by atoms with van der Waals surface area (Å²) in [6, 6.07) is 27.5. The van der Waals surface area contributed by atoms with Crippen LogP contribution >= 0.6 is 22.7 Å². The first-order chi connectivity index (χ1) is 34.1. The highest BCUT2D eigenvalue weighted by Crippen LogP contribution is 2.36. The smallest absolute Gasteiger partial charge is 0.184 e. The van der Waals surface area contributed by atoms with E-state index in [0.717, 1.165) is 159 Å². The number of benzene rings is 2. The average molecular weight is 979 g/mol. The predicted molar refractivity (Wildman–Crippen MR) is 280 cm³/mol. The lowest BCUT2D eigenvalue weighted by Crippen LogP contribution is -2.36. The number of thiazole rings is 2. The molecule has 1 saturated heterocycles. The molecule has 7 heterocycles. The van der Waals surface area contributed by atoms with Gasteiger partial charge >= 0.3 is 0 Å². The molecule has 0 radical (unpaired) electrons.